The second kappa shape index (κ2) is 13.5. The molecule has 1 aliphatic carbocycles. The molecule has 1 atom stereocenters. The summed E-state index contributed by atoms with van der Waals surface area (Å²) in [6.45, 7) is 10.7. The third-order valence-corrected chi connectivity index (χ3v) is 3.86. The van der Waals surface area contributed by atoms with E-state index < -0.39 is 0 Å². The summed E-state index contributed by atoms with van der Waals surface area (Å²) in [4.78, 5) is 0. The van der Waals surface area contributed by atoms with Crippen LogP contribution in [0.25, 0.3) is 10.8 Å². The van der Waals surface area contributed by atoms with Crippen molar-refractivity contribution >= 4 is 20.7 Å². The summed E-state index contributed by atoms with van der Waals surface area (Å²) in [6.07, 6.45) is 5.52. The van der Waals surface area contributed by atoms with E-state index in [0.29, 0.717) is 5.92 Å². The van der Waals surface area contributed by atoms with Gasteiger partial charge < -0.3 is 24.8 Å². The molecule has 0 N–H and O–H groups in total. The molecule has 3 rings (SSSR count). The van der Waals surface area contributed by atoms with Gasteiger partial charge in [-0.2, -0.15) is 11.6 Å². The van der Waals surface area contributed by atoms with Gasteiger partial charge in [0.25, 0.3) is 0 Å². The third-order valence-electron chi connectivity index (χ3n) is 3.86. The summed E-state index contributed by atoms with van der Waals surface area (Å²) in [5.41, 5.74) is 5.52. The molecule has 2 aromatic rings. The van der Waals surface area contributed by atoms with Crippen LogP contribution in [0.4, 0.5) is 0 Å². The Hall–Kier alpha value is 0.316. The van der Waals surface area contributed by atoms with E-state index in [1.165, 1.54) is 33.0 Å². The first-order valence-electron chi connectivity index (χ1n) is 8.14. The van der Waals surface area contributed by atoms with Gasteiger partial charge >= 0.3 is 43.1 Å². The zero-order chi connectivity index (χ0) is 17.6. The molecule has 4 heteroatoms. The second-order valence-electron chi connectivity index (χ2n) is 6.45. The van der Waals surface area contributed by atoms with Crippen LogP contribution in [0.5, 0.6) is 0 Å². The molecule has 25 heavy (non-hydrogen) atoms. The van der Waals surface area contributed by atoms with Gasteiger partial charge in [-0.3, -0.25) is 6.08 Å². The number of allylic oxidation sites excluding steroid dienone is 4. The molecule has 0 heterocycles. The fourth-order valence-electron chi connectivity index (χ4n) is 2.52. The maximum Gasteiger partial charge on any atom is -1.00 e. The molecule has 0 amide bonds. The molecule has 0 saturated heterocycles. The van der Waals surface area contributed by atoms with Gasteiger partial charge in [0.05, 0.1) is 0 Å². The van der Waals surface area contributed by atoms with Gasteiger partial charge in [-0.15, -0.1) is 47.5 Å². The first kappa shape index (κ1) is 27.5. The minimum Gasteiger partial charge on any atom is -1.00 e. The van der Waals surface area contributed by atoms with Gasteiger partial charge in [-0.05, 0) is 0 Å². The Morgan fingerprint density at radius 3 is 1.92 bits per heavy atom. The summed E-state index contributed by atoms with van der Waals surface area (Å²) in [5.74, 6) is 5.30. The van der Waals surface area contributed by atoms with Gasteiger partial charge in [-0.25, -0.2) is 11.1 Å². The molecule has 0 fully saturated rings. The fourth-order valence-corrected chi connectivity index (χ4v) is 2.52. The molecule has 1 aliphatic rings. The predicted octanol–water partition coefficient (Wildman–Crippen LogP) is 0.300. The first-order chi connectivity index (χ1) is 10.7. The van der Waals surface area contributed by atoms with Crippen molar-refractivity contribution in [1.29, 1.82) is 0 Å². The number of aryl methyl sites for hydroxylation is 2. The van der Waals surface area contributed by atoms with Crippen LogP contribution >= 0.6 is 0 Å². The minimum absolute atomic E-state index is 0. The number of fused-ring (bicyclic) bond motifs is 1. The van der Waals surface area contributed by atoms with E-state index in [4.69, 9.17) is 0 Å². The average molecular weight is 515 g/mol. The van der Waals surface area contributed by atoms with Crippen molar-refractivity contribution in [3.05, 3.63) is 64.8 Å². The topological polar surface area (TPSA) is 0 Å². The van der Waals surface area contributed by atoms with E-state index in [1.807, 2.05) is 0 Å². The first-order valence-corrected chi connectivity index (χ1v) is 19.8. The summed E-state index contributed by atoms with van der Waals surface area (Å²) in [5, 5.41) is 2.76. The minimum atomic E-state index is -0.243. The predicted molar refractivity (Wildman–Crippen MR) is 102 cm³/mol. The van der Waals surface area contributed by atoms with E-state index in [0.717, 1.165) is 0 Å². The van der Waals surface area contributed by atoms with Crippen LogP contribution in [-0.4, -0.2) is 9.98 Å². The molecule has 0 spiro atoms. The van der Waals surface area contributed by atoms with Crippen molar-refractivity contribution in [3.8, 4) is 0 Å². The van der Waals surface area contributed by atoms with Crippen LogP contribution in [0.2, 0.25) is 11.5 Å². The van der Waals surface area contributed by atoms with E-state index >= 15 is 0 Å². The van der Waals surface area contributed by atoms with E-state index in [1.54, 1.807) is 21.6 Å². The van der Waals surface area contributed by atoms with Crippen molar-refractivity contribution in [2.75, 3.05) is 0 Å². The van der Waals surface area contributed by atoms with Crippen LogP contribution in [0.15, 0.2) is 47.6 Å². The Labute approximate surface area is 182 Å². The van der Waals surface area contributed by atoms with Crippen molar-refractivity contribution in [2.24, 2.45) is 5.92 Å². The zero-order valence-corrected chi connectivity index (χ0v) is 22.4. The molecule has 2 aromatic carbocycles. The molecule has 0 saturated carbocycles. The molecule has 0 bridgehead atoms. The molecule has 0 aromatic heterocycles. The third kappa shape index (κ3) is 9.71. The van der Waals surface area contributed by atoms with Gasteiger partial charge in [0, 0.05) is 0 Å². The Morgan fingerprint density at radius 1 is 1.04 bits per heavy atom. The Kier molecular flexibility index (Phi) is 14.8. The van der Waals surface area contributed by atoms with Gasteiger partial charge in [0.2, 0.25) is 0 Å². The molecule has 1 unspecified atom stereocenters. The van der Waals surface area contributed by atoms with E-state index in [9.17, 15) is 0 Å². The van der Waals surface area contributed by atoms with Crippen molar-refractivity contribution in [2.45, 2.75) is 46.1 Å². The van der Waals surface area contributed by atoms with Crippen LogP contribution in [0, 0.1) is 25.8 Å². The van der Waals surface area contributed by atoms with Gasteiger partial charge in [0.15, 0.2) is 0 Å². The maximum atomic E-state index is 3.29. The summed E-state index contributed by atoms with van der Waals surface area (Å²) < 4.78 is 0. The zero-order valence-electron chi connectivity index (χ0n) is 16.3. The standard InChI is InChI=1S/C11H11.C8H11.C2H6Ge.2ClH.Zr/c1-8-7-10-5-3-4-6-11(10)9(8)2;1-6-4-7(2)8(3)5-6;1-3-2;;;/h3-7H,1-2H3;4,6H,1-3H3;1-2H3;2*1H;/q2*-1;;;;+2/p-2. The SMILES string of the molecule is CC1=[C-]C(C)C=C1C.Cc1[cH-]c2ccccc2c1C.[CH3][Ge]([CH3])=[Zr+2].[Cl-].[Cl-]. The summed E-state index contributed by atoms with van der Waals surface area (Å²) in [6, 6.07) is 10.8. The molecular formula is C21H28Cl2GeZr-2. The van der Waals surface area contributed by atoms with Crippen LogP contribution in [-0.2, 0) is 21.6 Å². The number of rotatable bonds is 0. The van der Waals surface area contributed by atoms with Gasteiger partial charge in [0.1, 0.15) is 0 Å². The summed E-state index contributed by atoms with van der Waals surface area (Å²) in [7, 11) is -0.243. The van der Waals surface area contributed by atoms with Crippen molar-refractivity contribution in [3.63, 3.8) is 0 Å². The van der Waals surface area contributed by atoms with Gasteiger partial charge in [-0.1, -0.05) is 39.7 Å². The van der Waals surface area contributed by atoms with E-state index in [2.05, 4.69) is 88.6 Å². The number of hydrogen-bond donors (Lipinski definition) is 0. The number of hydrogen-bond acceptors (Lipinski definition) is 0. The monoisotopic (exact) mass is 514 g/mol. The van der Waals surface area contributed by atoms with Crippen LogP contribution in [0.3, 0.4) is 0 Å². The van der Waals surface area contributed by atoms with Crippen LogP contribution in [0.1, 0.15) is 31.9 Å². The van der Waals surface area contributed by atoms with E-state index in [-0.39, 0.29) is 34.8 Å². The molecule has 0 nitrogen and oxygen atoms in total. The number of benzene rings is 1. The van der Waals surface area contributed by atoms with Crippen LogP contribution < -0.4 is 24.8 Å². The Morgan fingerprint density at radius 2 is 1.56 bits per heavy atom. The molecule has 0 radical (unpaired) electrons. The Balaban J connectivity index is 0. The largest absolute Gasteiger partial charge is 1.00 e. The number of halogens is 2. The van der Waals surface area contributed by atoms with Crippen molar-refractivity contribution < 1.29 is 46.4 Å². The average Bonchev–Trinajstić information content (AvgIpc) is 2.90. The second-order valence-corrected chi connectivity index (χ2v) is 23.4. The molecule has 136 valence electrons. The fraction of sp³-hybridized carbons (Fsp3) is 0.381. The quantitative estimate of drug-likeness (QED) is 0.350. The summed E-state index contributed by atoms with van der Waals surface area (Å²) >= 11 is 1.80. The molecular weight excluding hydrogens is 487 g/mol. The Bertz CT molecular complexity index is 719. The van der Waals surface area contributed by atoms with Crippen molar-refractivity contribution in [1.82, 2.24) is 0 Å². The normalized spacial score (nSPS) is 14.7. The maximum absolute atomic E-state index is 3.29. The molecule has 0 aliphatic heterocycles. The smallest absolute Gasteiger partial charge is 1.00 e.